The smallest absolute Gasteiger partial charge is 0.129 e. The third-order valence-corrected chi connectivity index (χ3v) is 5.87. The molecule has 0 radical (unpaired) electrons. The van der Waals surface area contributed by atoms with Crippen molar-refractivity contribution in [1.29, 1.82) is 0 Å². The van der Waals surface area contributed by atoms with Crippen LogP contribution in [0, 0.1) is 0 Å². The van der Waals surface area contributed by atoms with Crippen LogP contribution in [0.25, 0.3) is 0 Å². The number of benzene rings is 3. The Bertz CT molecular complexity index is 919. The highest BCUT2D eigenvalue weighted by atomic mass is 16.6. The molecule has 35 heavy (non-hydrogen) atoms. The number of hydrogen-bond acceptors (Lipinski definition) is 6. The molecule has 0 fully saturated rings. The largest absolute Gasteiger partial charge is 0.496 e. The molecule has 6 heteroatoms. The highest BCUT2D eigenvalue weighted by molar-refractivity contribution is 5.41. The van der Waals surface area contributed by atoms with Gasteiger partial charge < -0.3 is 28.4 Å². The van der Waals surface area contributed by atoms with Gasteiger partial charge in [-0.25, -0.2) is 0 Å². The van der Waals surface area contributed by atoms with Crippen molar-refractivity contribution in [3.8, 4) is 5.75 Å². The first-order valence-electron chi connectivity index (χ1n) is 12.1. The lowest BCUT2D eigenvalue weighted by molar-refractivity contribution is -0.0645. The molecule has 4 rings (SSSR count). The maximum Gasteiger partial charge on any atom is 0.129 e. The third-order valence-electron chi connectivity index (χ3n) is 5.87. The van der Waals surface area contributed by atoms with Crippen molar-refractivity contribution in [2.24, 2.45) is 0 Å². The summed E-state index contributed by atoms with van der Waals surface area (Å²) in [5.74, 6) is 0.788. The van der Waals surface area contributed by atoms with Gasteiger partial charge in [0, 0.05) is 11.1 Å². The molecule has 6 nitrogen and oxygen atoms in total. The molecule has 1 aliphatic rings. The van der Waals surface area contributed by atoms with Crippen LogP contribution in [-0.4, -0.2) is 46.8 Å². The summed E-state index contributed by atoms with van der Waals surface area (Å²) in [6.45, 7) is 3.57. The number of methoxy groups -OCH3 is 1. The molecule has 2 atom stereocenters. The first kappa shape index (κ1) is 25.4. The summed E-state index contributed by atoms with van der Waals surface area (Å²) in [5.41, 5.74) is 4.09. The molecule has 1 heterocycles. The van der Waals surface area contributed by atoms with Crippen LogP contribution in [0.4, 0.5) is 0 Å². The minimum absolute atomic E-state index is 0.185. The topological polar surface area (TPSA) is 55.4 Å². The summed E-state index contributed by atoms with van der Waals surface area (Å²) in [4.78, 5) is 0. The van der Waals surface area contributed by atoms with Crippen LogP contribution in [0.15, 0.2) is 78.9 Å². The molecule has 2 bridgehead atoms. The van der Waals surface area contributed by atoms with Gasteiger partial charge in [0.1, 0.15) is 18.0 Å². The minimum atomic E-state index is -0.185. The highest BCUT2D eigenvalue weighted by Gasteiger charge is 2.17. The Balaban J connectivity index is 1.49. The molecule has 0 aliphatic carbocycles. The Kier molecular flexibility index (Phi) is 10.1. The van der Waals surface area contributed by atoms with Gasteiger partial charge in [0.2, 0.25) is 0 Å². The van der Waals surface area contributed by atoms with E-state index in [4.69, 9.17) is 28.4 Å². The van der Waals surface area contributed by atoms with Crippen molar-refractivity contribution >= 4 is 0 Å². The molecule has 0 saturated heterocycles. The van der Waals surface area contributed by atoms with Crippen molar-refractivity contribution in [2.75, 3.05) is 46.8 Å². The molecule has 1 aliphatic heterocycles. The monoisotopic (exact) mass is 478 g/mol. The van der Waals surface area contributed by atoms with Gasteiger partial charge in [-0.15, -0.1) is 0 Å². The van der Waals surface area contributed by atoms with Gasteiger partial charge >= 0.3 is 0 Å². The summed E-state index contributed by atoms with van der Waals surface area (Å²) < 4.78 is 36.0. The van der Waals surface area contributed by atoms with Gasteiger partial charge in [-0.05, 0) is 11.1 Å². The molecule has 0 spiro atoms. The lowest BCUT2D eigenvalue weighted by Crippen LogP contribution is -2.18. The zero-order chi connectivity index (χ0) is 24.1. The van der Waals surface area contributed by atoms with E-state index < -0.39 is 0 Å². The number of fused-ring (bicyclic) bond motifs is 2. The first-order valence-corrected chi connectivity index (χ1v) is 12.1. The predicted molar refractivity (Wildman–Crippen MR) is 133 cm³/mol. The highest BCUT2D eigenvalue weighted by Crippen LogP contribution is 2.27. The summed E-state index contributed by atoms with van der Waals surface area (Å²) in [5, 5.41) is 0. The normalized spacial score (nSPS) is 20.9. The summed E-state index contributed by atoms with van der Waals surface area (Å²) in [6.07, 6.45) is -0.371. The van der Waals surface area contributed by atoms with E-state index in [2.05, 4.69) is 24.3 Å². The maximum absolute atomic E-state index is 6.13. The number of rotatable bonds is 3. The van der Waals surface area contributed by atoms with Crippen LogP contribution in [0.1, 0.15) is 34.5 Å². The quantitative estimate of drug-likeness (QED) is 0.511. The minimum Gasteiger partial charge on any atom is -0.496 e. The van der Waals surface area contributed by atoms with Gasteiger partial charge in [0.05, 0.1) is 60.0 Å². The first-order chi connectivity index (χ1) is 17.3. The average molecular weight is 479 g/mol. The number of ether oxygens (including phenoxy) is 6. The van der Waals surface area contributed by atoms with E-state index in [1.165, 1.54) is 0 Å². The van der Waals surface area contributed by atoms with Gasteiger partial charge in [-0.3, -0.25) is 0 Å². The molecule has 3 aromatic rings. The molecule has 0 amide bonds. The summed E-state index contributed by atoms with van der Waals surface area (Å²) in [6, 6.07) is 26.3. The molecule has 0 saturated carbocycles. The fraction of sp³-hybridized carbons (Fsp3) is 0.379. The molecule has 0 N–H and O–H groups in total. The Morgan fingerprint density at radius 1 is 0.571 bits per heavy atom. The van der Waals surface area contributed by atoms with Crippen molar-refractivity contribution in [3.63, 3.8) is 0 Å². The van der Waals surface area contributed by atoms with Crippen LogP contribution in [-0.2, 0) is 36.9 Å². The second kappa shape index (κ2) is 14.0. The van der Waals surface area contributed by atoms with E-state index in [1.54, 1.807) is 7.11 Å². The lowest BCUT2D eigenvalue weighted by Gasteiger charge is -2.21. The van der Waals surface area contributed by atoms with E-state index in [0.717, 1.165) is 28.0 Å². The Morgan fingerprint density at radius 2 is 1.06 bits per heavy atom. The Labute approximate surface area is 207 Å². The second-order valence-electron chi connectivity index (χ2n) is 8.29. The molecule has 3 aromatic carbocycles. The van der Waals surface area contributed by atoms with E-state index in [-0.39, 0.29) is 12.2 Å². The van der Waals surface area contributed by atoms with Crippen LogP contribution in [0.5, 0.6) is 5.75 Å². The molecular formula is C29H34O6. The van der Waals surface area contributed by atoms with Crippen molar-refractivity contribution in [2.45, 2.75) is 25.4 Å². The van der Waals surface area contributed by atoms with Crippen molar-refractivity contribution in [3.05, 3.63) is 101 Å². The Morgan fingerprint density at radius 3 is 1.51 bits per heavy atom. The van der Waals surface area contributed by atoms with Gasteiger partial charge in [-0.1, -0.05) is 78.9 Å². The fourth-order valence-corrected chi connectivity index (χ4v) is 4.10. The van der Waals surface area contributed by atoms with Gasteiger partial charge in [0.25, 0.3) is 0 Å². The fourth-order valence-electron chi connectivity index (χ4n) is 4.10. The SMILES string of the molecule is COc1c2cccc1COC[C@H](c1ccccc1)OCCOCCOC(c1ccccc1)COC2. The predicted octanol–water partition coefficient (Wildman–Crippen LogP) is 5.27. The molecule has 0 aromatic heterocycles. The lowest BCUT2D eigenvalue weighted by atomic mass is 10.1. The molecule has 186 valence electrons. The molecule has 1 unspecified atom stereocenters. The standard InChI is InChI=1S/C29H34O6/c1-30-29-25-13-8-14-26(29)20-33-22-28(24-11-6-3-7-12-24)35-18-16-31-15-17-34-27(21-32-19-25)23-9-4-2-5-10-23/h2-14,27-28H,15-22H2,1H3/t27-,28?/m1/s1. The second-order valence-corrected chi connectivity index (χ2v) is 8.29. The van der Waals surface area contributed by atoms with Crippen LogP contribution in [0.3, 0.4) is 0 Å². The average Bonchev–Trinajstić information content (AvgIpc) is 2.91. The summed E-state index contributed by atoms with van der Waals surface area (Å²) in [7, 11) is 1.68. The van der Waals surface area contributed by atoms with E-state index in [9.17, 15) is 0 Å². The number of para-hydroxylation sites is 1. The van der Waals surface area contributed by atoms with Crippen molar-refractivity contribution in [1.82, 2.24) is 0 Å². The van der Waals surface area contributed by atoms with E-state index in [0.29, 0.717) is 52.9 Å². The zero-order valence-electron chi connectivity index (χ0n) is 20.3. The van der Waals surface area contributed by atoms with Crippen LogP contribution in [0.2, 0.25) is 0 Å². The summed E-state index contributed by atoms with van der Waals surface area (Å²) >= 11 is 0. The van der Waals surface area contributed by atoms with E-state index in [1.807, 2.05) is 54.6 Å². The zero-order valence-corrected chi connectivity index (χ0v) is 20.3. The van der Waals surface area contributed by atoms with Crippen LogP contribution >= 0.6 is 0 Å². The number of hydrogen-bond donors (Lipinski definition) is 0. The van der Waals surface area contributed by atoms with Crippen molar-refractivity contribution < 1.29 is 28.4 Å². The third kappa shape index (κ3) is 7.62. The Hall–Kier alpha value is -2.74. The van der Waals surface area contributed by atoms with Gasteiger partial charge in [-0.2, -0.15) is 0 Å². The van der Waals surface area contributed by atoms with Gasteiger partial charge in [0.15, 0.2) is 0 Å². The van der Waals surface area contributed by atoms with Crippen LogP contribution < -0.4 is 4.74 Å². The molecular weight excluding hydrogens is 444 g/mol. The maximum atomic E-state index is 6.13. The van der Waals surface area contributed by atoms with E-state index >= 15 is 0 Å².